The molecule has 0 saturated heterocycles. The number of carbonyl (C=O) groups is 1. The summed E-state index contributed by atoms with van der Waals surface area (Å²) in [4.78, 5) is 11.9. The molecule has 0 saturated carbocycles. The number of hydrogen-bond donors (Lipinski definition) is 3. The lowest BCUT2D eigenvalue weighted by Crippen LogP contribution is -2.34. The van der Waals surface area contributed by atoms with Crippen molar-refractivity contribution in [3.63, 3.8) is 0 Å². The van der Waals surface area contributed by atoms with Crippen LogP contribution in [0.15, 0.2) is 21.8 Å². The molecule has 104 valence electrons. The van der Waals surface area contributed by atoms with E-state index in [1.54, 1.807) is 6.92 Å². The third-order valence-electron chi connectivity index (χ3n) is 2.45. The summed E-state index contributed by atoms with van der Waals surface area (Å²) in [6.45, 7) is 1.65. The van der Waals surface area contributed by atoms with Crippen LogP contribution in [0.3, 0.4) is 0 Å². The lowest BCUT2D eigenvalue weighted by molar-refractivity contribution is -0.118. The van der Waals surface area contributed by atoms with Gasteiger partial charge in [0.1, 0.15) is 5.82 Å². The molecule has 5 nitrogen and oxygen atoms in total. The number of nitrogens with zero attached hydrogens (tertiary/aromatic N) is 1. The van der Waals surface area contributed by atoms with Crippen molar-refractivity contribution in [2.45, 2.75) is 13.3 Å². The van der Waals surface area contributed by atoms with Crippen molar-refractivity contribution in [3.05, 3.63) is 28.2 Å². The minimum atomic E-state index is -0.922. The molecule has 0 aliphatic heterocycles. The van der Waals surface area contributed by atoms with E-state index in [9.17, 15) is 13.6 Å². The van der Waals surface area contributed by atoms with Crippen LogP contribution in [0.5, 0.6) is 0 Å². The number of anilines is 1. The molecule has 0 aliphatic carbocycles. The second kappa shape index (κ2) is 6.46. The molecule has 0 aromatic heterocycles. The lowest BCUT2D eigenvalue weighted by atomic mass is 10.0. The predicted molar refractivity (Wildman–Crippen MR) is 69.9 cm³/mol. The molecule has 1 atom stereocenters. The summed E-state index contributed by atoms with van der Waals surface area (Å²) < 4.78 is 26.5. The van der Waals surface area contributed by atoms with Crippen LogP contribution in [0.4, 0.5) is 14.5 Å². The Balaban J connectivity index is 3.00. The number of carbonyl (C=O) groups excluding carboxylic acids is 1. The molecule has 1 aromatic rings. The minimum Gasteiger partial charge on any atom is -0.409 e. The first kappa shape index (κ1) is 15.4. The van der Waals surface area contributed by atoms with Gasteiger partial charge >= 0.3 is 0 Å². The molecule has 0 fully saturated rings. The van der Waals surface area contributed by atoms with Gasteiger partial charge in [0.15, 0.2) is 11.7 Å². The average molecular weight is 336 g/mol. The van der Waals surface area contributed by atoms with Gasteiger partial charge in [-0.1, -0.05) is 12.1 Å². The van der Waals surface area contributed by atoms with Crippen LogP contribution in [-0.2, 0) is 4.79 Å². The van der Waals surface area contributed by atoms with Crippen LogP contribution in [0, 0.1) is 17.6 Å². The fraction of sp³-hybridized carbons (Fsp3) is 0.273. The van der Waals surface area contributed by atoms with Gasteiger partial charge in [0.25, 0.3) is 0 Å². The first-order chi connectivity index (χ1) is 8.90. The Labute approximate surface area is 116 Å². The number of amides is 1. The Morgan fingerprint density at radius 2 is 2.21 bits per heavy atom. The van der Waals surface area contributed by atoms with Crippen molar-refractivity contribution < 1.29 is 18.8 Å². The van der Waals surface area contributed by atoms with E-state index in [0.717, 1.165) is 6.07 Å². The number of benzene rings is 1. The van der Waals surface area contributed by atoms with Gasteiger partial charge in [0, 0.05) is 10.5 Å². The van der Waals surface area contributed by atoms with Crippen molar-refractivity contribution in [1.82, 2.24) is 0 Å². The van der Waals surface area contributed by atoms with E-state index in [0.29, 0.717) is 6.07 Å². The molecule has 1 amide bonds. The highest BCUT2D eigenvalue weighted by Crippen LogP contribution is 2.27. The van der Waals surface area contributed by atoms with Crippen molar-refractivity contribution >= 4 is 33.4 Å². The van der Waals surface area contributed by atoms with E-state index in [4.69, 9.17) is 10.9 Å². The van der Waals surface area contributed by atoms with E-state index in [2.05, 4.69) is 26.4 Å². The van der Waals surface area contributed by atoms with Crippen LogP contribution < -0.4 is 11.1 Å². The molecular weight excluding hydrogens is 324 g/mol. The molecule has 19 heavy (non-hydrogen) atoms. The first-order valence-electron chi connectivity index (χ1n) is 5.33. The maximum absolute atomic E-state index is 13.5. The Morgan fingerprint density at radius 1 is 1.58 bits per heavy atom. The smallest absolute Gasteiger partial charge is 0.235 e. The van der Waals surface area contributed by atoms with E-state index in [1.807, 2.05) is 0 Å². The monoisotopic (exact) mass is 335 g/mol. The first-order valence-corrected chi connectivity index (χ1v) is 6.12. The van der Waals surface area contributed by atoms with Gasteiger partial charge in [-0.15, -0.1) is 0 Å². The van der Waals surface area contributed by atoms with Gasteiger partial charge in [-0.05, 0) is 28.4 Å². The van der Waals surface area contributed by atoms with E-state index in [1.165, 1.54) is 0 Å². The molecular formula is C11H12BrF2N3O2. The number of halogens is 3. The fourth-order valence-electron chi connectivity index (χ4n) is 1.47. The maximum atomic E-state index is 13.5. The van der Waals surface area contributed by atoms with Crippen LogP contribution in [0.2, 0.25) is 0 Å². The van der Waals surface area contributed by atoms with Gasteiger partial charge in [0.2, 0.25) is 5.91 Å². The second-order valence-electron chi connectivity index (χ2n) is 3.72. The maximum Gasteiger partial charge on any atom is 0.235 e. The van der Waals surface area contributed by atoms with Crippen molar-refractivity contribution in [2.24, 2.45) is 16.8 Å². The van der Waals surface area contributed by atoms with Gasteiger partial charge in [-0.2, -0.15) is 0 Å². The number of hydrogen-bond acceptors (Lipinski definition) is 3. The van der Waals surface area contributed by atoms with Crippen LogP contribution in [-0.4, -0.2) is 17.0 Å². The van der Waals surface area contributed by atoms with E-state index < -0.39 is 23.5 Å². The summed E-state index contributed by atoms with van der Waals surface area (Å²) in [7, 11) is 0. The summed E-state index contributed by atoms with van der Waals surface area (Å²) in [6.07, 6.45) is 0.266. The summed E-state index contributed by atoms with van der Waals surface area (Å²) >= 11 is 2.95. The largest absolute Gasteiger partial charge is 0.409 e. The Kier molecular flexibility index (Phi) is 5.22. The van der Waals surface area contributed by atoms with Crippen molar-refractivity contribution in [2.75, 3.05) is 5.32 Å². The average Bonchev–Trinajstić information content (AvgIpc) is 2.34. The van der Waals surface area contributed by atoms with Gasteiger partial charge < -0.3 is 16.3 Å². The lowest BCUT2D eigenvalue weighted by Gasteiger charge is -2.14. The van der Waals surface area contributed by atoms with Crippen molar-refractivity contribution in [1.29, 1.82) is 0 Å². The standard InChI is InChI=1S/C11H12BrF2N3O2/c1-2-6(10(15)17-19)11(18)16-9-7(12)3-5(13)4-8(9)14/h3-4,6,19H,2H2,1H3,(H2,15,17)(H,16,18). The number of oxime groups is 1. The van der Waals surface area contributed by atoms with Gasteiger partial charge in [-0.3, -0.25) is 4.79 Å². The number of nitrogens with two attached hydrogens (primary N) is 1. The molecule has 1 rings (SSSR count). The summed E-state index contributed by atoms with van der Waals surface area (Å²) in [6, 6.07) is 1.66. The highest BCUT2D eigenvalue weighted by molar-refractivity contribution is 9.10. The number of amidine groups is 1. The molecule has 0 aliphatic rings. The van der Waals surface area contributed by atoms with E-state index >= 15 is 0 Å². The molecule has 1 unspecified atom stereocenters. The predicted octanol–water partition coefficient (Wildman–Crippen LogP) is 2.44. The van der Waals surface area contributed by atoms with Crippen LogP contribution >= 0.6 is 15.9 Å². The normalized spacial score (nSPS) is 13.2. The minimum absolute atomic E-state index is 0.0627. The fourth-order valence-corrected chi connectivity index (χ4v) is 1.98. The van der Waals surface area contributed by atoms with Gasteiger partial charge in [0.05, 0.1) is 11.6 Å². The van der Waals surface area contributed by atoms with Crippen LogP contribution in [0.1, 0.15) is 13.3 Å². The zero-order valence-corrected chi connectivity index (χ0v) is 11.5. The summed E-state index contributed by atoms with van der Waals surface area (Å²) in [5.41, 5.74) is 5.16. The zero-order valence-electron chi connectivity index (χ0n) is 9.95. The van der Waals surface area contributed by atoms with Gasteiger partial charge in [-0.25, -0.2) is 8.78 Å². The quantitative estimate of drug-likeness (QED) is 0.342. The molecule has 0 heterocycles. The molecule has 4 N–H and O–H groups in total. The second-order valence-corrected chi connectivity index (χ2v) is 4.57. The molecule has 0 bridgehead atoms. The Bertz CT molecular complexity index is 500. The van der Waals surface area contributed by atoms with E-state index in [-0.39, 0.29) is 22.4 Å². The molecule has 0 radical (unpaired) electrons. The third kappa shape index (κ3) is 3.63. The topological polar surface area (TPSA) is 87.7 Å². The highest BCUT2D eigenvalue weighted by atomic mass is 79.9. The summed E-state index contributed by atoms with van der Waals surface area (Å²) in [5, 5.41) is 13.6. The molecule has 8 heteroatoms. The van der Waals surface area contributed by atoms with Crippen LogP contribution in [0.25, 0.3) is 0 Å². The third-order valence-corrected chi connectivity index (χ3v) is 3.08. The SMILES string of the molecule is CCC(C(=O)Nc1c(F)cc(F)cc1Br)C(N)=NO. The molecule has 0 spiro atoms. The molecule has 1 aromatic carbocycles. The number of rotatable bonds is 4. The highest BCUT2D eigenvalue weighted by Gasteiger charge is 2.23. The number of nitrogens with one attached hydrogen (secondary N) is 1. The zero-order chi connectivity index (χ0) is 14.6. The summed E-state index contributed by atoms with van der Waals surface area (Å²) in [5.74, 6) is -3.52. The van der Waals surface area contributed by atoms with Crippen molar-refractivity contribution in [3.8, 4) is 0 Å². The Hall–Kier alpha value is -1.70. The Morgan fingerprint density at radius 3 is 2.68 bits per heavy atom.